The van der Waals surface area contributed by atoms with Crippen LogP contribution in [0.5, 0.6) is 0 Å². The Morgan fingerprint density at radius 3 is 2.88 bits per heavy atom. The van der Waals surface area contributed by atoms with Crippen LogP contribution in [0, 0.1) is 0 Å². The predicted octanol–water partition coefficient (Wildman–Crippen LogP) is 3.43. The topological polar surface area (TPSA) is 94.2 Å². The van der Waals surface area contributed by atoms with Crippen molar-refractivity contribution >= 4 is 40.1 Å². The fourth-order valence-electron chi connectivity index (χ4n) is 3.12. The smallest absolute Gasteiger partial charge is 0.224 e. The zero-order valence-electron chi connectivity index (χ0n) is 13.9. The number of nitrogen functional groups attached to an aromatic ring is 1. The first-order chi connectivity index (χ1) is 12.7. The molecule has 6 nitrogen and oxygen atoms in total. The molecule has 1 aliphatic heterocycles. The second-order valence-electron chi connectivity index (χ2n) is 5.95. The van der Waals surface area contributed by atoms with Crippen LogP contribution >= 0.6 is 23.4 Å². The van der Waals surface area contributed by atoms with Crippen molar-refractivity contribution in [3.8, 4) is 11.4 Å². The van der Waals surface area contributed by atoms with Gasteiger partial charge in [-0.3, -0.25) is 0 Å². The number of anilines is 1. The van der Waals surface area contributed by atoms with Crippen molar-refractivity contribution in [2.75, 3.05) is 18.1 Å². The van der Waals surface area contributed by atoms with E-state index >= 15 is 0 Å². The number of ether oxygens (including phenoxy) is 1. The Morgan fingerprint density at radius 1 is 1.19 bits per heavy atom. The van der Waals surface area contributed by atoms with Gasteiger partial charge in [-0.05, 0) is 34.4 Å². The van der Waals surface area contributed by atoms with Crippen molar-refractivity contribution in [2.45, 2.75) is 24.8 Å². The average Bonchev–Trinajstić information content (AvgIpc) is 2.62. The fourth-order valence-corrected chi connectivity index (χ4v) is 4.21. The summed E-state index contributed by atoms with van der Waals surface area (Å²) in [5.74, 6) is 1.32. The van der Waals surface area contributed by atoms with Crippen LogP contribution in [-0.4, -0.2) is 32.4 Å². The zero-order valence-corrected chi connectivity index (χ0v) is 15.5. The minimum atomic E-state index is 0.128. The van der Waals surface area contributed by atoms with Gasteiger partial charge in [-0.25, -0.2) is 4.98 Å². The van der Waals surface area contributed by atoms with Gasteiger partial charge in [0, 0.05) is 17.9 Å². The van der Waals surface area contributed by atoms with Gasteiger partial charge in [-0.1, -0.05) is 41.6 Å². The number of rotatable bonds is 5. The molecule has 0 spiro atoms. The lowest BCUT2D eigenvalue weighted by molar-refractivity contribution is 0.103. The normalized spacial score (nSPS) is 13.3. The lowest BCUT2D eigenvalue weighted by atomic mass is 9.94. The summed E-state index contributed by atoms with van der Waals surface area (Å²) < 4.78 is 5.64. The molecule has 1 aliphatic rings. The van der Waals surface area contributed by atoms with Gasteiger partial charge in [0.15, 0.2) is 11.0 Å². The second-order valence-corrected chi connectivity index (χ2v) is 7.42. The standard InChI is InChI=1S/C18H17ClN4O2S/c19-13-7-11-9-25-8-10-3-1-4-12(14(10)11)15(13)16-21-17(20)23-18(22-16)26-6-2-5-24/h1,3-4,7,24H,2,5-6,8-9H2,(H2,20,21,22,23). The Labute approximate surface area is 159 Å². The number of nitrogens with two attached hydrogens (primary N) is 1. The van der Waals surface area contributed by atoms with Crippen LogP contribution in [0.4, 0.5) is 5.95 Å². The summed E-state index contributed by atoms with van der Waals surface area (Å²) >= 11 is 8.03. The summed E-state index contributed by atoms with van der Waals surface area (Å²) in [6, 6.07) is 7.98. The number of aliphatic hydroxyl groups excluding tert-OH is 1. The van der Waals surface area contributed by atoms with E-state index in [0.717, 1.165) is 27.5 Å². The minimum absolute atomic E-state index is 0.128. The number of benzene rings is 2. The van der Waals surface area contributed by atoms with Crippen LogP contribution in [0.1, 0.15) is 17.5 Å². The molecule has 0 saturated carbocycles. The summed E-state index contributed by atoms with van der Waals surface area (Å²) in [6.07, 6.45) is 0.660. The molecule has 0 unspecified atom stereocenters. The Bertz CT molecular complexity index is 983. The molecular formula is C18H17ClN4O2S. The first-order valence-corrected chi connectivity index (χ1v) is 9.60. The van der Waals surface area contributed by atoms with Crippen molar-refractivity contribution in [3.05, 3.63) is 40.4 Å². The Kier molecular flexibility index (Phi) is 4.95. The number of halogens is 1. The second kappa shape index (κ2) is 7.36. The average molecular weight is 389 g/mol. The zero-order chi connectivity index (χ0) is 18.1. The van der Waals surface area contributed by atoms with E-state index in [1.165, 1.54) is 11.8 Å². The number of thioether (sulfide) groups is 1. The van der Waals surface area contributed by atoms with Crippen LogP contribution < -0.4 is 5.73 Å². The number of hydrogen-bond acceptors (Lipinski definition) is 7. The van der Waals surface area contributed by atoms with Gasteiger partial charge in [0.25, 0.3) is 0 Å². The molecule has 0 bridgehead atoms. The fraction of sp³-hybridized carbons (Fsp3) is 0.278. The van der Waals surface area contributed by atoms with Gasteiger partial charge in [-0.2, -0.15) is 9.97 Å². The molecule has 0 amide bonds. The van der Waals surface area contributed by atoms with E-state index in [-0.39, 0.29) is 12.6 Å². The first-order valence-electron chi connectivity index (χ1n) is 8.23. The monoisotopic (exact) mass is 388 g/mol. The molecule has 3 aromatic rings. The third kappa shape index (κ3) is 3.23. The first kappa shape index (κ1) is 17.5. The Balaban J connectivity index is 1.87. The molecule has 0 fully saturated rings. The van der Waals surface area contributed by atoms with E-state index in [4.69, 9.17) is 27.2 Å². The largest absolute Gasteiger partial charge is 0.396 e. The molecule has 3 N–H and O–H groups in total. The predicted molar refractivity (Wildman–Crippen MR) is 103 cm³/mol. The van der Waals surface area contributed by atoms with E-state index in [2.05, 4.69) is 21.0 Å². The van der Waals surface area contributed by atoms with Crippen molar-refractivity contribution in [3.63, 3.8) is 0 Å². The highest BCUT2D eigenvalue weighted by Gasteiger charge is 2.20. The number of nitrogens with zero attached hydrogens (tertiary/aromatic N) is 3. The van der Waals surface area contributed by atoms with Gasteiger partial charge >= 0.3 is 0 Å². The molecule has 26 heavy (non-hydrogen) atoms. The lowest BCUT2D eigenvalue weighted by Gasteiger charge is -2.20. The highest BCUT2D eigenvalue weighted by Crippen LogP contribution is 2.39. The summed E-state index contributed by atoms with van der Waals surface area (Å²) in [7, 11) is 0. The van der Waals surface area contributed by atoms with Gasteiger partial charge in [-0.15, -0.1) is 0 Å². The SMILES string of the molecule is Nc1nc(SCCCO)nc(-c2c(Cl)cc3c4c(cccc24)COC3)n1. The molecular weight excluding hydrogens is 372 g/mol. The molecule has 8 heteroatoms. The molecule has 2 aromatic carbocycles. The van der Waals surface area contributed by atoms with Crippen molar-refractivity contribution in [1.82, 2.24) is 15.0 Å². The minimum Gasteiger partial charge on any atom is -0.396 e. The third-order valence-electron chi connectivity index (χ3n) is 4.19. The Morgan fingerprint density at radius 2 is 2.04 bits per heavy atom. The van der Waals surface area contributed by atoms with E-state index in [1.807, 2.05) is 18.2 Å². The third-order valence-corrected chi connectivity index (χ3v) is 5.42. The van der Waals surface area contributed by atoms with E-state index < -0.39 is 0 Å². The van der Waals surface area contributed by atoms with Crippen LogP contribution in [0.15, 0.2) is 29.4 Å². The maximum absolute atomic E-state index is 8.95. The van der Waals surface area contributed by atoms with Crippen molar-refractivity contribution in [2.24, 2.45) is 0 Å². The quantitative estimate of drug-likeness (QED) is 0.510. The van der Waals surface area contributed by atoms with Gasteiger partial charge in [0.05, 0.1) is 18.2 Å². The van der Waals surface area contributed by atoms with Crippen LogP contribution in [0.2, 0.25) is 5.02 Å². The van der Waals surface area contributed by atoms with Crippen molar-refractivity contribution < 1.29 is 9.84 Å². The van der Waals surface area contributed by atoms with E-state index in [1.54, 1.807) is 0 Å². The van der Waals surface area contributed by atoms with Crippen LogP contribution in [0.25, 0.3) is 22.2 Å². The summed E-state index contributed by atoms with van der Waals surface area (Å²) in [6.45, 7) is 1.24. The van der Waals surface area contributed by atoms with E-state index in [0.29, 0.717) is 41.4 Å². The summed E-state index contributed by atoms with van der Waals surface area (Å²) in [5, 5.41) is 12.2. The number of aliphatic hydroxyl groups is 1. The van der Waals surface area contributed by atoms with Gasteiger partial charge < -0.3 is 15.6 Å². The van der Waals surface area contributed by atoms with Crippen molar-refractivity contribution in [1.29, 1.82) is 0 Å². The molecule has 0 radical (unpaired) electrons. The summed E-state index contributed by atoms with van der Waals surface area (Å²) in [5.41, 5.74) is 8.85. The maximum atomic E-state index is 8.95. The molecule has 134 valence electrons. The number of hydrogen-bond donors (Lipinski definition) is 2. The van der Waals surface area contributed by atoms with E-state index in [9.17, 15) is 0 Å². The molecule has 2 heterocycles. The van der Waals surface area contributed by atoms with Gasteiger partial charge in [0.2, 0.25) is 5.95 Å². The maximum Gasteiger partial charge on any atom is 0.224 e. The number of aromatic nitrogens is 3. The van der Waals surface area contributed by atoms with Crippen LogP contribution in [-0.2, 0) is 18.0 Å². The molecule has 0 saturated heterocycles. The molecule has 1 aromatic heterocycles. The Hall–Kier alpha value is -1.93. The lowest BCUT2D eigenvalue weighted by Crippen LogP contribution is -2.07. The highest BCUT2D eigenvalue weighted by atomic mass is 35.5. The molecule has 0 aliphatic carbocycles. The highest BCUT2D eigenvalue weighted by molar-refractivity contribution is 7.99. The molecule has 0 atom stereocenters. The molecule has 4 rings (SSSR count). The van der Waals surface area contributed by atoms with Gasteiger partial charge in [0.1, 0.15) is 0 Å². The van der Waals surface area contributed by atoms with Crippen LogP contribution in [0.3, 0.4) is 0 Å². The summed E-state index contributed by atoms with van der Waals surface area (Å²) in [4.78, 5) is 13.1.